The number of nitrogens with one attached hydrogen (secondary N) is 1. The van der Waals surface area contributed by atoms with E-state index >= 15 is 0 Å². The monoisotopic (exact) mass is 249 g/mol. The number of carbonyl (C=O) groups excluding carboxylic acids is 2. The van der Waals surface area contributed by atoms with Gasteiger partial charge in [-0.25, -0.2) is 0 Å². The van der Waals surface area contributed by atoms with E-state index in [1.807, 2.05) is 0 Å². The Morgan fingerprint density at radius 3 is 2.28 bits per heavy atom. The van der Waals surface area contributed by atoms with Gasteiger partial charge in [0, 0.05) is 39.2 Å². The van der Waals surface area contributed by atoms with Gasteiger partial charge in [-0.1, -0.05) is 6.07 Å². The van der Waals surface area contributed by atoms with Gasteiger partial charge in [0.2, 0.25) is 11.5 Å². The number of hydrogen-bond acceptors (Lipinski definition) is 3. The molecule has 96 valence electrons. The van der Waals surface area contributed by atoms with Gasteiger partial charge in [-0.3, -0.25) is 14.4 Å². The Balaban J connectivity index is 2.04. The van der Waals surface area contributed by atoms with Gasteiger partial charge in [-0.05, 0) is 6.07 Å². The van der Waals surface area contributed by atoms with Crippen molar-refractivity contribution >= 4 is 11.8 Å². The van der Waals surface area contributed by atoms with Crippen molar-refractivity contribution in [3.8, 4) is 0 Å². The fourth-order valence-corrected chi connectivity index (χ4v) is 1.97. The van der Waals surface area contributed by atoms with Crippen LogP contribution in [0.15, 0.2) is 23.0 Å². The summed E-state index contributed by atoms with van der Waals surface area (Å²) in [6, 6.07) is 4.50. The zero-order chi connectivity index (χ0) is 13.1. The van der Waals surface area contributed by atoms with Crippen molar-refractivity contribution in [2.24, 2.45) is 0 Å². The molecular formula is C12H15N3O3. The Bertz CT molecular complexity index is 515. The van der Waals surface area contributed by atoms with Crippen LogP contribution < -0.4 is 5.56 Å². The van der Waals surface area contributed by atoms with Crippen molar-refractivity contribution in [1.29, 1.82) is 0 Å². The normalized spacial score (nSPS) is 15.6. The van der Waals surface area contributed by atoms with Crippen LogP contribution in [0.4, 0.5) is 0 Å². The highest BCUT2D eigenvalue weighted by molar-refractivity contribution is 5.92. The van der Waals surface area contributed by atoms with Crippen LogP contribution in [0.5, 0.6) is 0 Å². The number of aromatic nitrogens is 1. The molecule has 2 amide bonds. The lowest BCUT2D eigenvalue weighted by atomic mass is 10.2. The van der Waals surface area contributed by atoms with Crippen LogP contribution in [0.1, 0.15) is 17.4 Å². The highest BCUT2D eigenvalue weighted by Gasteiger charge is 2.23. The fourth-order valence-electron chi connectivity index (χ4n) is 1.97. The van der Waals surface area contributed by atoms with E-state index in [4.69, 9.17) is 0 Å². The van der Waals surface area contributed by atoms with E-state index in [0.29, 0.717) is 31.9 Å². The topological polar surface area (TPSA) is 73.5 Å². The van der Waals surface area contributed by atoms with E-state index < -0.39 is 0 Å². The molecule has 0 bridgehead atoms. The molecule has 1 aliphatic rings. The maximum absolute atomic E-state index is 12.1. The highest BCUT2D eigenvalue weighted by Crippen LogP contribution is 2.06. The van der Waals surface area contributed by atoms with Crippen molar-refractivity contribution in [2.75, 3.05) is 26.2 Å². The predicted octanol–water partition coefficient (Wildman–Crippen LogP) is -0.321. The number of amides is 2. The maximum Gasteiger partial charge on any atom is 0.270 e. The third-order valence-corrected chi connectivity index (χ3v) is 3.01. The minimum absolute atomic E-state index is 0.0233. The Labute approximate surface area is 104 Å². The number of aromatic amines is 1. The van der Waals surface area contributed by atoms with Crippen molar-refractivity contribution in [3.05, 3.63) is 34.2 Å². The van der Waals surface area contributed by atoms with Crippen LogP contribution in [-0.2, 0) is 4.79 Å². The number of hydrogen-bond donors (Lipinski definition) is 1. The molecule has 0 saturated carbocycles. The maximum atomic E-state index is 12.1. The molecule has 1 aliphatic heterocycles. The van der Waals surface area contributed by atoms with E-state index in [2.05, 4.69) is 4.98 Å². The van der Waals surface area contributed by atoms with E-state index in [1.165, 1.54) is 13.0 Å². The zero-order valence-corrected chi connectivity index (χ0v) is 10.2. The van der Waals surface area contributed by atoms with Crippen LogP contribution in [0, 0.1) is 0 Å². The summed E-state index contributed by atoms with van der Waals surface area (Å²) in [4.78, 5) is 40.2. The average Bonchev–Trinajstić information content (AvgIpc) is 2.38. The molecular weight excluding hydrogens is 234 g/mol. The van der Waals surface area contributed by atoms with Gasteiger partial charge in [-0.15, -0.1) is 0 Å². The number of nitrogens with zero attached hydrogens (tertiary/aromatic N) is 2. The summed E-state index contributed by atoms with van der Waals surface area (Å²) in [7, 11) is 0. The first-order chi connectivity index (χ1) is 8.58. The summed E-state index contributed by atoms with van der Waals surface area (Å²) in [6.07, 6.45) is 0. The lowest BCUT2D eigenvalue weighted by molar-refractivity contribution is -0.130. The van der Waals surface area contributed by atoms with Crippen LogP contribution in [0.25, 0.3) is 0 Å². The third kappa shape index (κ3) is 2.58. The summed E-state index contributed by atoms with van der Waals surface area (Å²) in [5.74, 6) is -0.175. The minimum Gasteiger partial charge on any atom is -0.339 e. The van der Waals surface area contributed by atoms with Crippen molar-refractivity contribution in [1.82, 2.24) is 14.8 Å². The Hall–Kier alpha value is -2.11. The molecule has 6 heteroatoms. The molecule has 1 N–H and O–H groups in total. The van der Waals surface area contributed by atoms with Gasteiger partial charge >= 0.3 is 0 Å². The quantitative estimate of drug-likeness (QED) is 0.741. The summed E-state index contributed by atoms with van der Waals surface area (Å²) in [5.41, 5.74) is 0.00185. The number of carbonyl (C=O) groups is 2. The second-order valence-corrected chi connectivity index (χ2v) is 4.23. The third-order valence-electron chi connectivity index (χ3n) is 3.01. The van der Waals surface area contributed by atoms with Crippen LogP contribution in [-0.4, -0.2) is 52.8 Å². The largest absolute Gasteiger partial charge is 0.339 e. The van der Waals surface area contributed by atoms with Crippen molar-refractivity contribution < 1.29 is 9.59 Å². The molecule has 1 saturated heterocycles. The number of pyridine rings is 1. The number of piperazine rings is 1. The molecule has 1 fully saturated rings. The van der Waals surface area contributed by atoms with Gasteiger partial charge in [0.05, 0.1) is 0 Å². The lowest BCUT2D eigenvalue weighted by Gasteiger charge is -2.34. The van der Waals surface area contributed by atoms with Crippen molar-refractivity contribution in [2.45, 2.75) is 6.92 Å². The first-order valence-electron chi connectivity index (χ1n) is 5.82. The number of H-pyrrole nitrogens is 1. The predicted molar refractivity (Wildman–Crippen MR) is 65.2 cm³/mol. The molecule has 0 aromatic carbocycles. The van der Waals surface area contributed by atoms with Gasteiger partial charge in [0.1, 0.15) is 5.69 Å². The molecule has 0 spiro atoms. The molecule has 0 atom stereocenters. The second-order valence-electron chi connectivity index (χ2n) is 4.23. The summed E-state index contributed by atoms with van der Waals surface area (Å²) < 4.78 is 0. The van der Waals surface area contributed by atoms with Crippen LogP contribution in [0.2, 0.25) is 0 Å². The fraction of sp³-hybridized carbons (Fsp3) is 0.417. The molecule has 0 aliphatic carbocycles. The smallest absolute Gasteiger partial charge is 0.270 e. The summed E-state index contributed by atoms with van der Waals surface area (Å²) in [5, 5.41) is 0. The molecule has 0 unspecified atom stereocenters. The highest BCUT2D eigenvalue weighted by atomic mass is 16.2. The van der Waals surface area contributed by atoms with Gasteiger partial charge in [0.15, 0.2) is 0 Å². The Morgan fingerprint density at radius 2 is 1.72 bits per heavy atom. The first-order valence-corrected chi connectivity index (χ1v) is 5.82. The standard InChI is InChI=1S/C12H15N3O3/c1-9(16)14-5-7-15(8-6-14)12(18)10-3-2-4-11(17)13-10/h2-4H,5-8H2,1H3,(H,13,17). The van der Waals surface area contributed by atoms with Gasteiger partial charge in [-0.2, -0.15) is 0 Å². The first kappa shape index (κ1) is 12.3. The molecule has 1 aromatic heterocycles. The molecule has 2 heterocycles. The Morgan fingerprint density at radius 1 is 1.11 bits per heavy atom. The minimum atomic E-state index is -0.289. The second kappa shape index (κ2) is 5.03. The van der Waals surface area contributed by atoms with E-state index in [0.717, 1.165) is 0 Å². The lowest BCUT2D eigenvalue weighted by Crippen LogP contribution is -2.50. The van der Waals surface area contributed by atoms with E-state index in [-0.39, 0.29) is 17.4 Å². The molecule has 0 radical (unpaired) electrons. The molecule has 1 aromatic rings. The summed E-state index contributed by atoms with van der Waals surface area (Å²) in [6.45, 7) is 3.59. The number of rotatable bonds is 1. The molecule has 6 nitrogen and oxygen atoms in total. The van der Waals surface area contributed by atoms with E-state index in [9.17, 15) is 14.4 Å². The van der Waals surface area contributed by atoms with Crippen LogP contribution in [0.3, 0.4) is 0 Å². The zero-order valence-electron chi connectivity index (χ0n) is 10.2. The summed E-state index contributed by atoms with van der Waals surface area (Å²) >= 11 is 0. The average molecular weight is 249 g/mol. The molecule has 18 heavy (non-hydrogen) atoms. The van der Waals surface area contributed by atoms with Gasteiger partial charge < -0.3 is 14.8 Å². The molecule has 2 rings (SSSR count). The SMILES string of the molecule is CC(=O)N1CCN(C(=O)c2cccc(=O)[nH]2)CC1. The van der Waals surface area contributed by atoms with E-state index in [1.54, 1.807) is 21.9 Å². The van der Waals surface area contributed by atoms with Crippen molar-refractivity contribution in [3.63, 3.8) is 0 Å². The van der Waals surface area contributed by atoms with Crippen LogP contribution >= 0.6 is 0 Å². The van der Waals surface area contributed by atoms with Gasteiger partial charge in [0.25, 0.3) is 5.91 Å². The Kier molecular flexibility index (Phi) is 3.45.